The van der Waals surface area contributed by atoms with Crippen molar-refractivity contribution >= 4 is 40.5 Å². The summed E-state index contributed by atoms with van der Waals surface area (Å²) in [6.45, 7) is 1.66. The lowest BCUT2D eigenvalue weighted by atomic mass is 10.2. The van der Waals surface area contributed by atoms with E-state index < -0.39 is 0 Å². The van der Waals surface area contributed by atoms with E-state index in [2.05, 4.69) is 20.5 Å². The largest absolute Gasteiger partial charge is 0.382 e. The molecule has 0 unspecified atom stereocenters. The minimum absolute atomic E-state index is 0.257. The molecule has 0 radical (unpaired) electrons. The fraction of sp³-hybridized carbons (Fsp3) is 0.250. The van der Waals surface area contributed by atoms with Gasteiger partial charge in [-0.2, -0.15) is 0 Å². The molecule has 0 aliphatic carbocycles. The normalized spacial score (nSPS) is 10.7. The first-order valence-electron chi connectivity index (χ1n) is 7.06. The Kier molecular flexibility index (Phi) is 6.21. The van der Waals surface area contributed by atoms with Crippen LogP contribution in [0.15, 0.2) is 36.7 Å². The van der Waals surface area contributed by atoms with Crippen LogP contribution in [0, 0.1) is 0 Å². The molecule has 2 N–H and O–H groups in total. The highest BCUT2D eigenvalue weighted by molar-refractivity contribution is 6.42. The van der Waals surface area contributed by atoms with E-state index in [1.165, 1.54) is 6.20 Å². The maximum absolute atomic E-state index is 12.3. The molecule has 0 saturated carbocycles. The number of hydrogen-bond donors (Lipinski definition) is 2. The number of halogens is 2. The van der Waals surface area contributed by atoms with Gasteiger partial charge >= 0.3 is 0 Å². The lowest BCUT2D eigenvalue weighted by molar-refractivity contribution is 0.102. The predicted octanol–water partition coefficient (Wildman–Crippen LogP) is 3.61. The number of anilines is 2. The molecule has 23 heavy (non-hydrogen) atoms. The summed E-state index contributed by atoms with van der Waals surface area (Å²) in [4.78, 5) is 18.4. The number of pyridine rings is 1. The monoisotopic (exact) mass is 352 g/mol. The van der Waals surface area contributed by atoms with E-state index in [0.29, 0.717) is 21.3 Å². The van der Waals surface area contributed by atoms with E-state index in [4.69, 9.17) is 23.2 Å². The van der Waals surface area contributed by atoms with Crippen LogP contribution >= 0.6 is 23.2 Å². The third kappa shape index (κ3) is 5.39. The molecule has 2 aromatic rings. The lowest BCUT2D eigenvalue weighted by Gasteiger charge is -2.12. The van der Waals surface area contributed by atoms with Gasteiger partial charge in [-0.3, -0.25) is 9.78 Å². The molecule has 1 amide bonds. The van der Waals surface area contributed by atoms with Crippen molar-refractivity contribution in [2.24, 2.45) is 0 Å². The first kappa shape index (κ1) is 17.5. The van der Waals surface area contributed by atoms with Crippen molar-refractivity contribution in [1.29, 1.82) is 0 Å². The van der Waals surface area contributed by atoms with Crippen LogP contribution in [0.25, 0.3) is 0 Å². The number of carbonyl (C=O) groups is 1. The average molecular weight is 353 g/mol. The fourth-order valence-corrected chi connectivity index (χ4v) is 2.16. The smallest absolute Gasteiger partial charge is 0.257 e. The second-order valence-electron chi connectivity index (χ2n) is 5.28. The molecule has 1 heterocycles. The standard InChI is InChI=1S/C16H18Cl2N4O/c1-22(2)6-5-20-13-7-11(9-19-10-13)16(23)21-12-3-4-14(17)15(18)8-12/h3-4,7-10,20H,5-6H2,1-2H3,(H,21,23). The van der Waals surface area contributed by atoms with Crippen LogP contribution in [0.5, 0.6) is 0 Å². The minimum atomic E-state index is -0.257. The number of aromatic nitrogens is 1. The maximum Gasteiger partial charge on any atom is 0.257 e. The van der Waals surface area contributed by atoms with Crippen molar-refractivity contribution in [2.75, 3.05) is 37.8 Å². The van der Waals surface area contributed by atoms with Gasteiger partial charge in [-0.1, -0.05) is 23.2 Å². The zero-order valence-corrected chi connectivity index (χ0v) is 14.4. The zero-order chi connectivity index (χ0) is 16.8. The molecule has 0 fully saturated rings. The molecule has 0 spiro atoms. The van der Waals surface area contributed by atoms with Gasteiger partial charge in [0, 0.05) is 31.2 Å². The quantitative estimate of drug-likeness (QED) is 0.833. The van der Waals surface area contributed by atoms with E-state index in [-0.39, 0.29) is 5.91 Å². The van der Waals surface area contributed by atoms with E-state index in [1.807, 2.05) is 14.1 Å². The van der Waals surface area contributed by atoms with Crippen molar-refractivity contribution in [3.05, 3.63) is 52.3 Å². The van der Waals surface area contributed by atoms with Crippen LogP contribution in [-0.2, 0) is 0 Å². The highest BCUT2D eigenvalue weighted by Crippen LogP contribution is 2.25. The van der Waals surface area contributed by atoms with Gasteiger partial charge in [-0.25, -0.2) is 0 Å². The number of carbonyl (C=O) groups excluding carboxylic acids is 1. The van der Waals surface area contributed by atoms with Gasteiger partial charge in [0.05, 0.1) is 21.3 Å². The van der Waals surface area contributed by atoms with Gasteiger partial charge < -0.3 is 15.5 Å². The van der Waals surface area contributed by atoms with Crippen LogP contribution in [0.4, 0.5) is 11.4 Å². The second kappa shape index (κ2) is 8.15. The highest BCUT2D eigenvalue weighted by Gasteiger charge is 2.09. The van der Waals surface area contributed by atoms with Crippen LogP contribution < -0.4 is 10.6 Å². The number of amides is 1. The number of nitrogens with one attached hydrogen (secondary N) is 2. The Morgan fingerprint density at radius 1 is 1.13 bits per heavy atom. The maximum atomic E-state index is 12.3. The van der Waals surface area contributed by atoms with Crippen LogP contribution in [0.1, 0.15) is 10.4 Å². The second-order valence-corrected chi connectivity index (χ2v) is 6.09. The molecule has 0 atom stereocenters. The van der Waals surface area contributed by atoms with Crippen molar-refractivity contribution < 1.29 is 4.79 Å². The molecule has 0 bridgehead atoms. The summed E-state index contributed by atoms with van der Waals surface area (Å²) < 4.78 is 0. The summed E-state index contributed by atoms with van der Waals surface area (Å²) in [7, 11) is 4.00. The number of rotatable bonds is 6. The molecular weight excluding hydrogens is 335 g/mol. The molecular formula is C16H18Cl2N4O. The van der Waals surface area contributed by atoms with Gasteiger partial charge in [0.2, 0.25) is 0 Å². The molecule has 122 valence electrons. The van der Waals surface area contributed by atoms with Crippen LogP contribution in [0.3, 0.4) is 0 Å². The Bertz CT molecular complexity index is 692. The summed E-state index contributed by atoms with van der Waals surface area (Å²) in [5, 5.41) is 6.83. The summed E-state index contributed by atoms with van der Waals surface area (Å²) in [5.41, 5.74) is 1.84. The predicted molar refractivity (Wildman–Crippen MR) is 95.7 cm³/mol. The van der Waals surface area contributed by atoms with Crippen molar-refractivity contribution in [1.82, 2.24) is 9.88 Å². The third-order valence-corrected chi connectivity index (χ3v) is 3.81. The first-order chi connectivity index (χ1) is 11.0. The SMILES string of the molecule is CN(C)CCNc1cncc(C(=O)Nc2ccc(Cl)c(Cl)c2)c1. The zero-order valence-electron chi connectivity index (χ0n) is 12.9. The van der Waals surface area contributed by atoms with E-state index in [0.717, 1.165) is 18.8 Å². The van der Waals surface area contributed by atoms with Crippen molar-refractivity contribution in [3.8, 4) is 0 Å². The van der Waals surface area contributed by atoms with E-state index in [1.54, 1.807) is 30.5 Å². The van der Waals surface area contributed by atoms with E-state index >= 15 is 0 Å². The summed E-state index contributed by atoms with van der Waals surface area (Å²) >= 11 is 11.8. The minimum Gasteiger partial charge on any atom is -0.382 e. The lowest BCUT2D eigenvalue weighted by Crippen LogP contribution is -2.21. The van der Waals surface area contributed by atoms with Gasteiger partial charge in [0.15, 0.2) is 0 Å². The van der Waals surface area contributed by atoms with E-state index in [9.17, 15) is 4.79 Å². The highest BCUT2D eigenvalue weighted by atomic mass is 35.5. The van der Waals surface area contributed by atoms with Crippen LogP contribution in [-0.4, -0.2) is 43.0 Å². The number of nitrogens with zero attached hydrogens (tertiary/aromatic N) is 2. The summed E-state index contributed by atoms with van der Waals surface area (Å²) in [5.74, 6) is -0.257. The number of benzene rings is 1. The molecule has 5 nitrogen and oxygen atoms in total. The Morgan fingerprint density at radius 3 is 2.61 bits per heavy atom. The summed E-state index contributed by atoms with van der Waals surface area (Å²) in [6, 6.07) is 6.69. The van der Waals surface area contributed by atoms with Gasteiger partial charge in [-0.15, -0.1) is 0 Å². The summed E-state index contributed by atoms with van der Waals surface area (Å²) in [6.07, 6.45) is 3.20. The Balaban J connectivity index is 2.02. The van der Waals surface area contributed by atoms with Crippen LogP contribution in [0.2, 0.25) is 10.0 Å². The Labute approximate surface area is 145 Å². The molecule has 0 aliphatic heterocycles. The number of likely N-dealkylation sites (N-methyl/N-ethyl adjacent to an activating group) is 1. The number of hydrogen-bond acceptors (Lipinski definition) is 4. The Hall–Kier alpha value is -1.82. The van der Waals surface area contributed by atoms with Crippen molar-refractivity contribution in [3.63, 3.8) is 0 Å². The average Bonchev–Trinajstić information content (AvgIpc) is 2.51. The van der Waals surface area contributed by atoms with Gasteiger partial charge in [0.25, 0.3) is 5.91 Å². The topological polar surface area (TPSA) is 57.3 Å². The molecule has 7 heteroatoms. The molecule has 1 aromatic carbocycles. The van der Waals surface area contributed by atoms with Crippen molar-refractivity contribution in [2.45, 2.75) is 0 Å². The molecule has 1 aromatic heterocycles. The van der Waals surface area contributed by atoms with Gasteiger partial charge in [-0.05, 0) is 38.4 Å². The first-order valence-corrected chi connectivity index (χ1v) is 7.81. The fourth-order valence-electron chi connectivity index (χ4n) is 1.86. The molecule has 2 rings (SSSR count). The van der Waals surface area contributed by atoms with Gasteiger partial charge in [0.1, 0.15) is 0 Å². The molecule has 0 aliphatic rings. The Morgan fingerprint density at radius 2 is 1.91 bits per heavy atom. The third-order valence-electron chi connectivity index (χ3n) is 3.07. The molecule has 0 saturated heterocycles.